The largest absolute Gasteiger partial charge is 0.494 e. The monoisotopic (exact) mass is 236 g/mol. The van der Waals surface area contributed by atoms with Gasteiger partial charge in [0, 0.05) is 6.42 Å². The van der Waals surface area contributed by atoms with E-state index in [1.54, 1.807) is 6.07 Å². The van der Waals surface area contributed by atoms with Crippen molar-refractivity contribution in [3.8, 4) is 5.75 Å². The lowest BCUT2D eigenvalue weighted by Crippen LogP contribution is -2.14. The van der Waals surface area contributed by atoms with Gasteiger partial charge in [0.25, 0.3) is 0 Å². The summed E-state index contributed by atoms with van der Waals surface area (Å²) in [7, 11) is 0. The molecule has 1 fully saturated rings. The van der Waals surface area contributed by atoms with Gasteiger partial charge in [0.2, 0.25) is 0 Å². The van der Waals surface area contributed by atoms with Crippen LogP contribution < -0.4 is 4.74 Å². The summed E-state index contributed by atoms with van der Waals surface area (Å²) in [6.07, 6.45) is 0.499. The van der Waals surface area contributed by atoms with E-state index in [4.69, 9.17) is 9.47 Å². The lowest BCUT2D eigenvalue weighted by atomic mass is 10.0. The number of hydrogen-bond acceptors (Lipinski definition) is 2. The topological polar surface area (TPSA) is 18.5 Å². The van der Waals surface area contributed by atoms with E-state index in [1.807, 2.05) is 19.9 Å². The molecule has 0 bridgehead atoms. The van der Waals surface area contributed by atoms with Crippen LogP contribution in [0.2, 0.25) is 0 Å². The fourth-order valence-electron chi connectivity index (χ4n) is 1.80. The minimum absolute atomic E-state index is 0.227. The standard InChI is InChI=1S/C14H17FO2/c1-9(2)11-4-5-14(12(15)8-11)17-13-6-7-16-10(13)3/h4-5,8-9,13H,3,6-7H2,1-2H3. The zero-order valence-corrected chi connectivity index (χ0v) is 10.2. The molecule has 1 aromatic carbocycles. The third kappa shape index (κ3) is 2.60. The molecule has 1 unspecified atom stereocenters. The van der Waals surface area contributed by atoms with Crippen molar-refractivity contribution >= 4 is 0 Å². The highest BCUT2D eigenvalue weighted by Gasteiger charge is 2.23. The maximum absolute atomic E-state index is 13.8. The maximum Gasteiger partial charge on any atom is 0.165 e. The van der Waals surface area contributed by atoms with Crippen LogP contribution in [0.25, 0.3) is 0 Å². The minimum Gasteiger partial charge on any atom is -0.494 e. The van der Waals surface area contributed by atoms with E-state index in [9.17, 15) is 4.39 Å². The van der Waals surface area contributed by atoms with Crippen LogP contribution in [-0.2, 0) is 4.74 Å². The fraction of sp³-hybridized carbons (Fsp3) is 0.429. The quantitative estimate of drug-likeness (QED) is 0.797. The molecular formula is C14H17FO2. The summed E-state index contributed by atoms with van der Waals surface area (Å²) in [5, 5.41) is 0. The van der Waals surface area contributed by atoms with E-state index in [0.717, 1.165) is 12.0 Å². The molecule has 0 N–H and O–H groups in total. The second-order valence-corrected chi connectivity index (χ2v) is 4.55. The van der Waals surface area contributed by atoms with Gasteiger partial charge in [0.1, 0.15) is 5.76 Å². The molecule has 17 heavy (non-hydrogen) atoms. The Morgan fingerprint density at radius 3 is 2.76 bits per heavy atom. The maximum atomic E-state index is 13.8. The van der Waals surface area contributed by atoms with Crippen LogP contribution in [0.3, 0.4) is 0 Å². The van der Waals surface area contributed by atoms with Crippen LogP contribution in [0.4, 0.5) is 4.39 Å². The van der Waals surface area contributed by atoms with Crippen LogP contribution in [0, 0.1) is 5.82 Å². The molecule has 2 nitrogen and oxygen atoms in total. The average Bonchev–Trinajstić information content (AvgIpc) is 2.67. The van der Waals surface area contributed by atoms with Gasteiger partial charge in [-0.15, -0.1) is 0 Å². The highest BCUT2D eigenvalue weighted by molar-refractivity contribution is 5.31. The molecule has 1 aromatic rings. The predicted molar refractivity (Wildman–Crippen MR) is 64.6 cm³/mol. The van der Waals surface area contributed by atoms with Crippen molar-refractivity contribution in [1.82, 2.24) is 0 Å². The first-order chi connectivity index (χ1) is 8.08. The Kier molecular flexibility index (Phi) is 3.36. The molecule has 92 valence electrons. The van der Waals surface area contributed by atoms with Gasteiger partial charge in [-0.1, -0.05) is 26.5 Å². The minimum atomic E-state index is -0.323. The van der Waals surface area contributed by atoms with Gasteiger partial charge in [-0.2, -0.15) is 0 Å². The predicted octanol–water partition coefficient (Wildman–Crippen LogP) is 3.63. The highest BCUT2D eigenvalue weighted by atomic mass is 19.1. The van der Waals surface area contributed by atoms with Crippen LogP contribution in [-0.4, -0.2) is 12.7 Å². The van der Waals surface area contributed by atoms with Crippen molar-refractivity contribution in [2.45, 2.75) is 32.3 Å². The normalized spacial score (nSPS) is 19.5. The molecule has 0 amide bonds. The average molecular weight is 236 g/mol. The second kappa shape index (κ2) is 4.78. The van der Waals surface area contributed by atoms with Gasteiger partial charge in [-0.05, 0) is 23.6 Å². The van der Waals surface area contributed by atoms with Gasteiger partial charge < -0.3 is 9.47 Å². The van der Waals surface area contributed by atoms with Crippen molar-refractivity contribution in [3.05, 3.63) is 41.9 Å². The Balaban J connectivity index is 2.14. The summed E-state index contributed by atoms with van der Waals surface area (Å²) >= 11 is 0. The van der Waals surface area contributed by atoms with Crippen molar-refractivity contribution < 1.29 is 13.9 Å². The smallest absolute Gasteiger partial charge is 0.165 e. The molecule has 0 radical (unpaired) electrons. The third-order valence-electron chi connectivity index (χ3n) is 2.92. The summed E-state index contributed by atoms with van der Waals surface area (Å²) in [6, 6.07) is 5.09. The lowest BCUT2D eigenvalue weighted by Gasteiger charge is -2.14. The first-order valence-electron chi connectivity index (χ1n) is 5.85. The number of rotatable bonds is 3. The van der Waals surface area contributed by atoms with Gasteiger partial charge in [0.15, 0.2) is 17.7 Å². The molecule has 1 aliphatic rings. The Morgan fingerprint density at radius 1 is 1.47 bits per heavy atom. The van der Waals surface area contributed by atoms with Crippen molar-refractivity contribution in [2.75, 3.05) is 6.61 Å². The van der Waals surface area contributed by atoms with Crippen LogP contribution in [0.5, 0.6) is 5.75 Å². The molecule has 1 aliphatic heterocycles. The molecule has 1 saturated heterocycles. The van der Waals surface area contributed by atoms with E-state index in [2.05, 4.69) is 6.58 Å². The number of ether oxygens (including phenoxy) is 2. The molecule has 0 saturated carbocycles. The van der Waals surface area contributed by atoms with Crippen LogP contribution in [0.1, 0.15) is 31.7 Å². The fourth-order valence-corrected chi connectivity index (χ4v) is 1.80. The first kappa shape index (κ1) is 12.0. The van der Waals surface area contributed by atoms with Crippen molar-refractivity contribution in [3.63, 3.8) is 0 Å². The second-order valence-electron chi connectivity index (χ2n) is 4.55. The zero-order valence-electron chi connectivity index (χ0n) is 10.2. The Hall–Kier alpha value is -1.51. The molecule has 3 heteroatoms. The van der Waals surface area contributed by atoms with E-state index >= 15 is 0 Å². The molecule has 2 rings (SSSR count). The van der Waals surface area contributed by atoms with E-state index in [-0.39, 0.29) is 17.7 Å². The summed E-state index contributed by atoms with van der Waals surface area (Å²) in [5.41, 5.74) is 0.969. The van der Waals surface area contributed by atoms with E-state index in [0.29, 0.717) is 18.3 Å². The molecule has 0 aromatic heterocycles. The summed E-state index contributed by atoms with van der Waals surface area (Å²) in [6.45, 7) is 8.39. The van der Waals surface area contributed by atoms with Gasteiger partial charge >= 0.3 is 0 Å². The van der Waals surface area contributed by atoms with E-state index < -0.39 is 0 Å². The Morgan fingerprint density at radius 2 is 2.24 bits per heavy atom. The van der Waals surface area contributed by atoms with Gasteiger partial charge in [-0.3, -0.25) is 0 Å². The summed E-state index contributed by atoms with van der Waals surface area (Å²) in [4.78, 5) is 0. The molecule has 1 heterocycles. The Bertz CT molecular complexity index is 426. The lowest BCUT2D eigenvalue weighted by molar-refractivity contribution is 0.206. The SMILES string of the molecule is C=C1OCCC1Oc1ccc(C(C)C)cc1F. The summed E-state index contributed by atoms with van der Waals surface area (Å²) < 4.78 is 24.5. The molecule has 0 spiro atoms. The Labute approximate surface area is 101 Å². The van der Waals surface area contributed by atoms with Crippen molar-refractivity contribution in [2.24, 2.45) is 0 Å². The molecular weight excluding hydrogens is 219 g/mol. The molecule has 0 aliphatic carbocycles. The van der Waals surface area contributed by atoms with Crippen LogP contribution in [0.15, 0.2) is 30.5 Å². The first-order valence-corrected chi connectivity index (χ1v) is 5.85. The van der Waals surface area contributed by atoms with Gasteiger partial charge in [-0.25, -0.2) is 4.39 Å². The number of benzene rings is 1. The zero-order chi connectivity index (χ0) is 12.4. The van der Waals surface area contributed by atoms with Crippen molar-refractivity contribution in [1.29, 1.82) is 0 Å². The summed E-state index contributed by atoms with van der Waals surface area (Å²) in [5.74, 6) is 0.836. The van der Waals surface area contributed by atoms with Crippen LogP contribution >= 0.6 is 0 Å². The number of hydrogen-bond donors (Lipinski definition) is 0. The van der Waals surface area contributed by atoms with Gasteiger partial charge in [0.05, 0.1) is 6.61 Å². The number of halogens is 1. The van der Waals surface area contributed by atoms with E-state index in [1.165, 1.54) is 6.07 Å². The molecule has 1 atom stereocenters. The third-order valence-corrected chi connectivity index (χ3v) is 2.92. The highest BCUT2D eigenvalue weighted by Crippen LogP contribution is 2.27.